The lowest BCUT2D eigenvalue weighted by atomic mass is 10.1. The summed E-state index contributed by atoms with van der Waals surface area (Å²) in [6.45, 7) is 2.99. The van der Waals surface area contributed by atoms with E-state index in [2.05, 4.69) is 10.4 Å². The summed E-state index contributed by atoms with van der Waals surface area (Å²) in [4.78, 5) is 26.1. The molecule has 0 unspecified atom stereocenters. The van der Waals surface area contributed by atoms with Crippen LogP contribution < -0.4 is 5.32 Å². The quantitative estimate of drug-likeness (QED) is 0.566. The molecule has 0 bridgehead atoms. The molecular formula is C19H22F3N3O3S. The van der Waals surface area contributed by atoms with E-state index in [0.29, 0.717) is 10.6 Å². The molecule has 6 nitrogen and oxygen atoms in total. The molecule has 1 aliphatic carbocycles. The van der Waals surface area contributed by atoms with Crippen molar-refractivity contribution in [3.63, 3.8) is 0 Å². The molecule has 0 radical (unpaired) electrons. The second-order valence-electron chi connectivity index (χ2n) is 6.86. The van der Waals surface area contributed by atoms with Crippen molar-refractivity contribution in [2.45, 2.75) is 58.7 Å². The number of aryl methyl sites for hydroxylation is 2. The SMILES string of the molecule is CCOC(=O)c1c(NC(=O)Cn2nc(C(F)(F)F)cc2C)sc2c1CCCCC2. The van der Waals surface area contributed by atoms with Gasteiger partial charge in [-0.05, 0) is 51.2 Å². The van der Waals surface area contributed by atoms with Gasteiger partial charge in [0.05, 0.1) is 12.2 Å². The number of ether oxygens (including phenoxy) is 1. The molecule has 0 aromatic carbocycles. The first-order valence-electron chi connectivity index (χ1n) is 9.43. The molecule has 2 aromatic heterocycles. The summed E-state index contributed by atoms with van der Waals surface area (Å²) in [5.41, 5.74) is 0.462. The average Bonchev–Trinajstić information content (AvgIpc) is 3.07. The molecule has 2 aromatic rings. The lowest BCUT2D eigenvalue weighted by Crippen LogP contribution is -2.21. The van der Waals surface area contributed by atoms with Crippen LogP contribution in [0.25, 0.3) is 0 Å². The van der Waals surface area contributed by atoms with E-state index in [4.69, 9.17) is 4.74 Å². The number of aromatic nitrogens is 2. The predicted molar refractivity (Wildman–Crippen MR) is 102 cm³/mol. The number of hydrogen-bond acceptors (Lipinski definition) is 5. The van der Waals surface area contributed by atoms with Crippen molar-refractivity contribution in [1.82, 2.24) is 9.78 Å². The molecule has 0 fully saturated rings. The maximum Gasteiger partial charge on any atom is 0.435 e. The largest absolute Gasteiger partial charge is 0.462 e. The van der Waals surface area contributed by atoms with Crippen LogP contribution in [0.4, 0.5) is 18.2 Å². The van der Waals surface area contributed by atoms with E-state index >= 15 is 0 Å². The van der Waals surface area contributed by atoms with Gasteiger partial charge in [0.15, 0.2) is 5.69 Å². The van der Waals surface area contributed by atoms with Gasteiger partial charge >= 0.3 is 12.1 Å². The number of carbonyl (C=O) groups excluding carboxylic acids is 2. The van der Waals surface area contributed by atoms with Gasteiger partial charge in [-0.3, -0.25) is 9.48 Å². The number of carbonyl (C=O) groups is 2. The Morgan fingerprint density at radius 2 is 2.00 bits per heavy atom. The Kier molecular flexibility index (Phi) is 6.30. The van der Waals surface area contributed by atoms with Crippen LogP contribution in [0.1, 0.15) is 58.4 Å². The van der Waals surface area contributed by atoms with Gasteiger partial charge in [-0.1, -0.05) is 6.42 Å². The Morgan fingerprint density at radius 3 is 2.66 bits per heavy atom. The molecular weight excluding hydrogens is 407 g/mol. The number of nitrogens with zero attached hydrogens (tertiary/aromatic N) is 2. The number of anilines is 1. The van der Waals surface area contributed by atoms with E-state index in [1.54, 1.807) is 6.92 Å². The summed E-state index contributed by atoms with van der Waals surface area (Å²) in [6.07, 6.45) is 0.0327. The summed E-state index contributed by atoms with van der Waals surface area (Å²) in [7, 11) is 0. The molecule has 0 aliphatic heterocycles. The molecule has 1 N–H and O–H groups in total. The number of hydrogen-bond donors (Lipinski definition) is 1. The minimum atomic E-state index is -4.57. The molecule has 2 heterocycles. The van der Waals surface area contributed by atoms with Gasteiger partial charge in [-0.25, -0.2) is 4.79 Å². The Hall–Kier alpha value is -2.36. The van der Waals surface area contributed by atoms with Crippen molar-refractivity contribution >= 4 is 28.2 Å². The van der Waals surface area contributed by atoms with Crippen molar-refractivity contribution in [2.24, 2.45) is 0 Å². The Morgan fingerprint density at radius 1 is 1.28 bits per heavy atom. The van der Waals surface area contributed by atoms with Crippen LogP contribution in [0, 0.1) is 6.92 Å². The second-order valence-corrected chi connectivity index (χ2v) is 7.97. The Labute approximate surface area is 170 Å². The normalized spacial score (nSPS) is 14.2. The van der Waals surface area contributed by atoms with E-state index in [0.717, 1.165) is 53.3 Å². The first-order valence-corrected chi connectivity index (χ1v) is 10.3. The highest BCUT2D eigenvalue weighted by Gasteiger charge is 2.34. The number of esters is 1. The van der Waals surface area contributed by atoms with Gasteiger partial charge in [0.2, 0.25) is 5.91 Å². The Bertz CT molecular complexity index is 918. The number of thiophene rings is 1. The molecule has 0 spiro atoms. The fourth-order valence-corrected chi connectivity index (χ4v) is 4.65. The van der Waals surface area contributed by atoms with E-state index in [9.17, 15) is 22.8 Å². The summed E-state index contributed by atoms with van der Waals surface area (Å²) in [6, 6.07) is 0.894. The highest BCUT2D eigenvalue weighted by atomic mass is 32.1. The maximum absolute atomic E-state index is 12.8. The number of alkyl halides is 3. The van der Waals surface area contributed by atoms with Gasteiger partial charge < -0.3 is 10.1 Å². The summed E-state index contributed by atoms with van der Waals surface area (Å²) in [5.74, 6) is -1.04. The fourth-order valence-electron chi connectivity index (χ4n) is 3.36. The maximum atomic E-state index is 12.8. The summed E-state index contributed by atoms with van der Waals surface area (Å²) in [5, 5.41) is 6.55. The van der Waals surface area contributed by atoms with E-state index < -0.39 is 23.7 Å². The molecule has 1 amide bonds. The van der Waals surface area contributed by atoms with Gasteiger partial charge in [0.1, 0.15) is 11.5 Å². The highest BCUT2D eigenvalue weighted by molar-refractivity contribution is 7.17. The number of fused-ring (bicyclic) bond motifs is 1. The first kappa shape index (κ1) is 21.4. The van der Waals surface area contributed by atoms with Crippen LogP contribution in [0.5, 0.6) is 0 Å². The smallest absolute Gasteiger partial charge is 0.435 e. The first-order chi connectivity index (χ1) is 13.7. The number of rotatable bonds is 5. The van der Waals surface area contributed by atoms with Crippen LogP contribution in [0.3, 0.4) is 0 Å². The molecule has 158 valence electrons. The monoisotopic (exact) mass is 429 g/mol. The molecule has 0 saturated carbocycles. The van der Waals surface area contributed by atoms with E-state index in [1.807, 2.05) is 0 Å². The molecule has 1 aliphatic rings. The van der Waals surface area contributed by atoms with E-state index in [1.165, 1.54) is 18.3 Å². The van der Waals surface area contributed by atoms with Crippen molar-refractivity contribution in [3.8, 4) is 0 Å². The zero-order valence-corrected chi connectivity index (χ0v) is 17.0. The lowest BCUT2D eigenvalue weighted by molar-refractivity contribution is -0.141. The standard InChI is InChI=1S/C19H22F3N3O3S/c1-3-28-18(27)16-12-7-5-4-6-8-13(12)29-17(16)23-15(26)10-25-11(2)9-14(24-25)19(20,21)22/h9H,3-8,10H2,1-2H3,(H,23,26). The van der Waals surface area contributed by atoms with Crippen LogP contribution in [0.15, 0.2) is 6.07 Å². The zero-order chi connectivity index (χ0) is 21.2. The van der Waals surface area contributed by atoms with Crippen molar-refractivity contribution in [3.05, 3.63) is 33.5 Å². The third-order valence-corrected chi connectivity index (χ3v) is 5.93. The predicted octanol–water partition coefficient (Wildman–Crippen LogP) is 4.36. The molecule has 3 rings (SSSR count). The number of halogens is 3. The van der Waals surface area contributed by atoms with Gasteiger partial charge in [-0.15, -0.1) is 11.3 Å². The highest BCUT2D eigenvalue weighted by Crippen LogP contribution is 2.38. The van der Waals surface area contributed by atoms with Crippen LogP contribution in [-0.2, 0) is 35.1 Å². The molecule has 0 atom stereocenters. The van der Waals surface area contributed by atoms with Crippen molar-refractivity contribution in [2.75, 3.05) is 11.9 Å². The van der Waals surface area contributed by atoms with Crippen LogP contribution >= 0.6 is 11.3 Å². The minimum Gasteiger partial charge on any atom is -0.462 e. The number of nitrogens with one attached hydrogen (secondary N) is 1. The molecule has 0 saturated heterocycles. The van der Waals surface area contributed by atoms with Gasteiger partial charge in [0.25, 0.3) is 0 Å². The molecule has 29 heavy (non-hydrogen) atoms. The third-order valence-electron chi connectivity index (χ3n) is 4.72. The average molecular weight is 429 g/mol. The minimum absolute atomic E-state index is 0.212. The molecule has 10 heteroatoms. The van der Waals surface area contributed by atoms with Crippen LogP contribution in [-0.4, -0.2) is 28.3 Å². The van der Waals surface area contributed by atoms with Crippen molar-refractivity contribution < 1.29 is 27.5 Å². The van der Waals surface area contributed by atoms with Gasteiger partial charge in [-0.2, -0.15) is 18.3 Å². The van der Waals surface area contributed by atoms with E-state index in [-0.39, 0.29) is 18.8 Å². The Balaban J connectivity index is 1.83. The van der Waals surface area contributed by atoms with Crippen molar-refractivity contribution in [1.29, 1.82) is 0 Å². The number of amides is 1. The lowest BCUT2D eigenvalue weighted by Gasteiger charge is -2.09. The summed E-state index contributed by atoms with van der Waals surface area (Å²) < 4.78 is 44.6. The summed E-state index contributed by atoms with van der Waals surface area (Å²) >= 11 is 1.34. The topological polar surface area (TPSA) is 73.2 Å². The van der Waals surface area contributed by atoms with Crippen LogP contribution in [0.2, 0.25) is 0 Å². The second kappa shape index (κ2) is 8.56. The zero-order valence-electron chi connectivity index (χ0n) is 16.2. The fraction of sp³-hybridized carbons (Fsp3) is 0.526. The van der Waals surface area contributed by atoms with Gasteiger partial charge in [0, 0.05) is 10.6 Å². The third kappa shape index (κ3) is 4.80.